The van der Waals surface area contributed by atoms with Gasteiger partial charge in [0.25, 0.3) is 0 Å². The molecule has 0 spiro atoms. The summed E-state index contributed by atoms with van der Waals surface area (Å²) in [6, 6.07) is 10.5. The summed E-state index contributed by atoms with van der Waals surface area (Å²) in [4.78, 5) is 0. The van der Waals surface area contributed by atoms with Crippen LogP contribution in [0.5, 0.6) is 5.75 Å². The fourth-order valence-corrected chi connectivity index (χ4v) is 1.85. The van der Waals surface area contributed by atoms with Gasteiger partial charge in [-0.3, -0.25) is 0 Å². The molecule has 0 unspecified atom stereocenters. The topological polar surface area (TPSA) is 49.7 Å². The average Bonchev–Trinajstić information content (AvgIpc) is 2.36. The summed E-state index contributed by atoms with van der Waals surface area (Å²) < 4.78 is 18.5. The van der Waals surface area contributed by atoms with Crippen LogP contribution in [0.4, 0.5) is 4.39 Å². The third kappa shape index (κ3) is 3.70. The van der Waals surface area contributed by atoms with Gasteiger partial charge in [-0.1, -0.05) is 29.8 Å². The Balaban J connectivity index is 2.17. The lowest BCUT2D eigenvalue weighted by molar-refractivity contribution is 0.305. The van der Waals surface area contributed by atoms with E-state index in [4.69, 9.17) is 26.4 Å². The highest BCUT2D eigenvalue weighted by molar-refractivity contribution is 6.59. The van der Waals surface area contributed by atoms with Gasteiger partial charge in [0.1, 0.15) is 18.2 Å². The number of benzene rings is 2. The molecule has 6 heteroatoms. The molecule has 2 aromatic carbocycles. The van der Waals surface area contributed by atoms with Crippen molar-refractivity contribution >= 4 is 24.2 Å². The molecule has 0 aromatic heterocycles. The molecule has 0 amide bonds. The van der Waals surface area contributed by atoms with Gasteiger partial charge in [0.05, 0.1) is 0 Å². The Hall–Kier alpha value is -1.56. The second-order valence-corrected chi connectivity index (χ2v) is 4.41. The van der Waals surface area contributed by atoms with Crippen LogP contribution >= 0.6 is 11.6 Å². The lowest BCUT2D eigenvalue weighted by atomic mass is 9.79. The van der Waals surface area contributed by atoms with Crippen molar-refractivity contribution in [3.63, 3.8) is 0 Å². The fraction of sp³-hybridized carbons (Fsp3) is 0.0769. The van der Waals surface area contributed by atoms with Crippen molar-refractivity contribution in [3.05, 3.63) is 58.9 Å². The van der Waals surface area contributed by atoms with Crippen LogP contribution in [0.1, 0.15) is 5.56 Å². The SMILES string of the molecule is OB(O)c1ccc(F)cc1OCc1cccc(Cl)c1. The van der Waals surface area contributed by atoms with Crippen LogP contribution in [-0.2, 0) is 6.61 Å². The number of rotatable bonds is 4. The number of hydrogen-bond donors (Lipinski definition) is 2. The van der Waals surface area contributed by atoms with Gasteiger partial charge in [-0.15, -0.1) is 0 Å². The molecule has 0 saturated carbocycles. The smallest absolute Gasteiger partial charge is 0.489 e. The Labute approximate surface area is 115 Å². The van der Waals surface area contributed by atoms with E-state index in [0.717, 1.165) is 17.7 Å². The highest BCUT2D eigenvalue weighted by atomic mass is 35.5. The van der Waals surface area contributed by atoms with E-state index in [2.05, 4.69) is 0 Å². The second-order valence-electron chi connectivity index (χ2n) is 3.97. The molecule has 19 heavy (non-hydrogen) atoms. The molecule has 0 atom stereocenters. The predicted octanol–water partition coefficient (Wildman–Crippen LogP) is 1.74. The maximum atomic E-state index is 13.1. The molecule has 2 rings (SSSR count). The molecule has 0 aliphatic carbocycles. The first-order chi connectivity index (χ1) is 9.06. The van der Waals surface area contributed by atoms with Crippen LogP contribution in [0, 0.1) is 5.82 Å². The minimum Gasteiger partial charge on any atom is -0.489 e. The van der Waals surface area contributed by atoms with Crippen LogP contribution in [0.3, 0.4) is 0 Å². The fourth-order valence-electron chi connectivity index (χ4n) is 1.63. The molecule has 0 aliphatic rings. The van der Waals surface area contributed by atoms with Crippen molar-refractivity contribution in [3.8, 4) is 5.75 Å². The molecule has 0 heterocycles. The highest BCUT2D eigenvalue weighted by Crippen LogP contribution is 2.15. The molecular weight excluding hydrogens is 269 g/mol. The van der Waals surface area contributed by atoms with Crippen LogP contribution in [0.2, 0.25) is 5.02 Å². The van der Waals surface area contributed by atoms with E-state index >= 15 is 0 Å². The van der Waals surface area contributed by atoms with Crippen molar-refractivity contribution in [1.29, 1.82) is 0 Å². The number of ether oxygens (including phenoxy) is 1. The lowest BCUT2D eigenvalue weighted by Crippen LogP contribution is -2.31. The van der Waals surface area contributed by atoms with Gasteiger partial charge >= 0.3 is 7.12 Å². The van der Waals surface area contributed by atoms with Crippen LogP contribution < -0.4 is 10.2 Å². The molecule has 3 nitrogen and oxygen atoms in total. The zero-order valence-corrected chi connectivity index (χ0v) is 10.6. The van der Waals surface area contributed by atoms with Gasteiger partial charge in [-0.05, 0) is 23.8 Å². The first-order valence-electron chi connectivity index (χ1n) is 5.59. The van der Waals surface area contributed by atoms with Gasteiger partial charge in [0.15, 0.2) is 0 Å². The average molecular weight is 280 g/mol. The van der Waals surface area contributed by atoms with Gasteiger partial charge in [-0.25, -0.2) is 4.39 Å². The van der Waals surface area contributed by atoms with Gasteiger partial charge in [-0.2, -0.15) is 0 Å². The number of halogens is 2. The molecule has 98 valence electrons. The molecular formula is C13H11BClFO3. The predicted molar refractivity (Wildman–Crippen MR) is 72.0 cm³/mol. The van der Waals surface area contributed by atoms with Crippen molar-refractivity contribution in [2.75, 3.05) is 0 Å². The van der Waals surface area contributed by atoms with E-state index in [9.17, 15) is 4.39 Å². The van der Waals surface area contributed by atoms with E-state index in [0.29, 0.717) is 5.02 Å². The molecule has 0 bridgehead atoms. The molecule has 0 fully saturated rings. The van der Waals surface area contributed by atoms with E-state index in [-0.39, 0.29) is 17.8 Å². The lowest BCUT2D eigenvalue weighted by Gasteiger charge is -2.11. The van der Waals surface area contributed by atoms with Crippen LogP contribution in [0.25, 0.3) is 0 Å². The summed E-state index contributed by atoms with van der Waals surface area (Å²) in [5.74, 6) is -0.416. The minimum absolute atomic E-state index is 0.0926. The first kappa shape index (κ1) is 13.9. The quantitative estimate of drug-likeness (QED) is 0.839. The third-order valence-electron chi connectivity index (χ3n) is 2.54. The molecule has 2 aromatic rings. The summed E-state index contributed by atoms with van der Waals surface area (Å²) >= 11 is 5.84. The van der Waals surface area contributed by atoms with Crippen molar-refractivity contribution in [1.82, 2.24) is 0 Å². The summed E-state index contributed by atoms with van der Waals surface area (Å²) in [5, 5.41) is 18.9. The largest absolute Gasteiger partial charge is 0.492 e. The highest BCUT2D eigenvalue weighted by Gasteiger charge is 2.17. The molecule has 2 N–H and O–H groups in total. The first-order valence-corrected chi connectivity index (χ1v) is 5.97. The van der Waals surface area contributed by atoms with Crippen molar-refractivity contribution in [2.24, 2.45) is 0 Å². The summed E-state index contributed by atoms with van der Waals surface area (Å²) in [6.45, 7) is 0.156. The summed E-state index contributed by atoms with van der Waals surface area (Å²) in [7, 11) is -1.71. The maximum absolute atomic E-state index is 13.1. The van der Waals surface area contributed by atoms with Crippen LogP contribution in [0.15, 0.2) is 42.5 Å². The normalized spacial score (nSPS) is 10.3. The molecule has 0 aliphatic heterocycles. The van der Waals surface area contributed by atoms with Crippen molar-refractivity contribution < 1.29 is 19.2 Å². The zero-order chi connectivity index (χ0) is 13.8. The minimum atomic E-state index is -1.71. The van der Waals surface area contributed by atoms with E-state index in [1.807, 2.05) is 0 Å². The summed E-state index contributed by atoms with van der Waals surface area (Å²) in [5.41, 5.74) is 0.915. The van der Waals surface area contributed by atoms with Crippen molar-refractivity contribution in [2.45, 2.75) is 6.61 Å². The Kier molecular flexibility index (Phi) is 4.42. The maximum Gasteiger partial charge on any atom is 0.492 e. The van der Waals surface area contributed by atoms with E-state index in [1.165, 1.54) is 6.07 Å². The van der Waals surface area contributed by atoms with Gasteiger partial charge in [0, 0.05) is 16.6 Å². The second kappa shape index (κ2) is 6.06. The Morgan fingerprint density at radius 3 is 2.63 bits per heavy atom. The van der Waals surface area contributed by atoms with Gasteiger partial charge in [0.2, 0.25) is 0 Å². The van der Waals surface area contributed by atoms with Crippen LogP contribution in [-0.4, -0.2) is 17.2 Å². The van der Waals surface area contributed by atoms with E-state index in [1.54, 1.807) is 24.3 Å². The molecule has 0 radical (unpaired) electrons. The molecule has 0 saturated heterocycles. The zero-order valence-electron chi connectivity index (χ0n) is 9.88. The monoisotopic (exact) mass is 280 g/mol. The Morgan fingerprint density at radius 2 is 1.95 bits per heavy atom. The van der Waals surface area contributed by atoms with Gasteiger partial charge < -0.3 is 14.8 Å². The van der Waals surface area contributed by atoms with E-state index < -0.39 is 12.9 Å². The Bertz CT molecular complexity index is 578. The third-order valence-corrected chi connectivity index (χ3v) is 2.77. The Morgan fingerprint density at radius 1 is 1.16 bits per heavy atom. The number of hydrogen-bond acceptors (Lipinski definition) is 3. The summed E-state index contributed by atoms with van der Waals surface area (Å²) in [6.07, 6.45) is 0. The standard InChI is InChI=1S/C13H11BClFO3/c15-10-3-1-2-9(6-10)8-19-13-7-11(16)4-5-12(13)14(17)18/h1-7,17-18H,8H2.